The molecule has 0 amide bonds. The molecular formula is C14H24N2S. The molecule has 2 unspecified atom stereocenters. The minimum absolute atomic E-state index is 0.740. The second-order valence-corrected chi connectivity index (χ2v) is 6.21. The molecule has 2 rings (SSSR count). The third-order valence-electron chi connectivity index (χ3n) is 3.59. The third-order valence-corrected chi connectivity index (χ3v) is 4.64. The summed E-state index contributed by atoms with van der Waals surface area (Å²) >= 11 is 1.87. The lowest BCUT2D eigenvalue weighted by atomic mass is 9.83. The Hall–Kier alpha value is -0.410. The van der Waals surface area contributed by atoms with E-state index in [1.54, 1.807) is 0 Å². The zero-order valence-electron chi connectivity index (χ0n) is 11.0. The van der Waals surface area contributed by atoms with Gasteiger partial charge in [-0.2, -0.15) is 0 Å². The minimum atomic E-state index is 0.740. The Morgan fingerprint density at radius 2 is 2.35 bits per heavy atom. The van der Waals surface area contributed by atoms with Gasteiger partial charge in [0, 0.05) is 17.8 Å². The molecule has 17 heavy (non-hydrogen) atoms. The summed E-state index contributed by atoms with van der Waals surface area (Å²) in [5, 5.41) is 7.03. The number of nitrogens with zero attached hydrogens (tertiary/aromatic N) is 1. The lowest BCUT2D eigenvalue weighted by molar-refractivity contribution is 0.343. The van der Waals surface area contributed by atoms with E-state index < -0.39 is 0 Å². The van der Waals surface area contributed by atoms with E-state index in [2.05, 4.69) is 24.5 Å². The summed E-state index contributed by atoms with van der Waals surface area (Å²) in [6.45, 7) is 6.60. The van der Waals surface area contributed by atoms with Crippen LogP contribution in [0.15, 0.2) is 5.38 Å². The van der Waals surface area contributed by atoms with Gasteiger partial charge >= 0.3 is 0 Å². The average molecular weight is 252 g/mol. The number of thiazole rings is 1. The van der Waals surface area contributed by atoms with Gasteiger partial charge in [-0.05, 0) is 31.7 Å². The van der Waals surface area contributed by atoms with Gasteiger partial charge in [0.1, 0.15) is 0 Å². The summed E-state index contributed by atoms with van der Waals surface area (Å²) in [7, 11) is 0. The van der Waals surface area contributed by atoms with Crippen LogP contribution in [0.2, 0.25) is 0 Å². The topological polar surface area (TPSA) is 24.9 Å². The minimum Gasteiger partial charge on any atom is -0.311 e. The monoisotopic (exact) mass is 252 g/mol. The highest BCUT2D eigenvalue weighted by atomic mass is 32.1. The summed E-state index contributed by atoms with van der Waals surface area (Å²) in [6.07, 6.45) is 6.67. The van der Waals surface area contributed by atoms with E-state index in [9.17, 15) is 0 Å². The zero-order valence-corrected chi connectivity index (χ0v) is 11.9. The van der Waals surface area contributed by atoms with Gasteiger partial charge < -0.3 is 5.32 Å². The smallest absolute Gasteiger partial charge is 0.0959 e. The molecule has 1 saturated carbocycles. The molecule has 1 aromatic heterocycles. The van der Waals surface area contributed by atoms with Crippen molar-refractivity contribution in [3.8, 4) is 0 Å². The highest BCUT2D eigenvalue weighted by molar-refractivity contribution is 7.09. The molecule has 96 valence electrons. The lowest BCUT2D eigenvalue weighted by Crippen LogP contribution is -2.15. The maximum atomic E-state index is 4.80. The first-order valence-electron chi connectivity index (χ1n) is 6.94. The van der Waals surface area contributed by atoms with Gasteiger partial charge in [-0.15, -0.1) is 11.3 Å². The summed E-state index contributed by atoms with van der Waals surface area (Å²) < 4.78 is 0. The van der Waals surface area contributed by atoms with Crippen LogP contribution >= 0.6 is 11.3 Å². The van der Waals surface area contributed by atoms with Gasteiger partial charge in [0.15, 0.2) is 0 Å². The molecule has 1 heterocycles. The van der Waals surface area contributed by atoms with Crippen molar-refractivity contribution in [1.82, 2.24) is 10.3 Å². The zero-order chi connectivity index (χ0) is 12.1. The fourth-order valence-electron chi connectivity index (χ4n) is 2.64. The second-order valence-electron chi connectivity index (χ2n) is 5.32. The van der Waals surface area contributed by atoms with Crippen LogP contribution in [-0.4, -0.2) is 11.5 Å². The van der Waals surface area contributed by atoms with Crippen LogP contribution in [0, 0.1) is 5.92 Å². The van der Waals surface area contributed by atoms with Crippen molar-refractivity contribution >= 4 is 11.3 Å². The highest BCUT2D eigenvalue weighted by Gasteiger charge is 2.22. The molecule has 1 aliphatic rings. The average Bonchev–Trinajstić information content (AvgIpc) is 2.78. The SMILES string of the molecule is CCCNCc1csc(C2CCCC(C)C2)n1. The van der Waals surface area contributed by atoms with Crippen LogP contribution in [-0.2, 0) is 6.54 Å². The Kier molecular flexibility index (Phi) is 4.99. The molecule has 0 spiro atoms. The molecular weight excluding hydrogens is 228 g/mol. The molecule has 0 bridgehead atoms. The molecule has 1 fully saturated rings. The van der Waals surface area contributed by atoms with Gasteiger partial charge in [0.2, 0.25) is 0 Å². The third kappa shape index (κ3) is 3.78. The van der Waals surface area contributed by atoms with E-state index in [1.807, 2.05) is 11.3 Å². The molecule has 2 atom stereocenters. The Bertz CT molecular complexity index is 335. The fourth-order valence-corrected chi connectivity index (χ4v) is 3.61. The number of hydrogen-bond acceptors (Lipinski definition) is 3. The summed E-state index contributed by atoms with van der Waals surface area (Å²) in [5.74, 6) is 1.63. The maximum absolute atomic E-state index is 4.80. The fraction of sp³-hybridized carbons (Fsp3) is 0.786. The van der Waals surface area contributed by atoms with E-state index in [1.165, 1.54) is 42.8 Å². The summed E-state index contributed by atoms with van der Waals surface area (Å²) in [5.41, 5.74) is 1.23. The standard InChI is InChI=1S/C14H24N2S/c1-3-7-15-9-13-10-17-14(16-13)12-6-4-5-11(2)8-12/h10-12,15H,3-9H2,1-2H3. The van der Waals surface area contributed by atoms with Crippen molar-refractivity contribution < 1.29 is 0 Å². The van der Waals surface area contributed by atoms with E-state index in [-0.39, 0.29) is 0 Å². The van der Waals surface area contributed by atoms with E-state index in [4.69, 9.17) is 4.98 Å². The largest absolute Gasteiger partial charge is 0.311 e. The quantitative estimate of drug-likeness (QED) is 0.803. The normalized spacial score (nSPS) is 25.1. The van der Waals surface area contributed by atoms with Crippen molar-refractivity contribution in [2.45, 2.75) is 58.4 Å². The molecule has 0 radical (unpaired) electrons. The first kappa shape index (κ1) is 13.0. The number of rotatable bonds is 5. The van der Waals surface area contributed by atoms with Crippen molar-refractivity contribution in [2.75, 3.05) is 6.54 Å². The Morgan fingerprint density at radius 1 is 1.47 bits per heavy atom. The molecule has 0 saturated heterocycles. The lowest BCUT2D eigenvalue weighted by Gasteiger charge is -2.24. The van der Waals surface area contributed by atoms with Gasteiger partial charge in [-0.1, -0.05) is 26.7 Å². The van der Waals surface area contributed by atoms with E-state index in [0.717, 1.165) is 24.9 Å². The summed E-state index contributed by atoms with van der Waals surface area (Å²) in [4.78, 5) is 4.80. The van der Waals surface area contributed by atoms with Crippen molar-refractivity contribution in [1.29, 1.82) is 0 Å². The molecule has 0 aliphatic heterocycles. The Morgan fingerprint density at radius 3 is 3.12 bits per heavy atom. The first-order valence-corrected chi connectivity index (χ1v) is 7.82. The Balaban J connectivity index is 1.88. The predicted molar refractivity (Wildman–Crippen MR) is 74.5 cm³/mol. The van der Waals surface area contributed by atoms with Gasteiger partial charge in [-0.25, -0.2) is 4.98 Å². The van der Waals surface area contributed by atoms with Crippen molar-refractivity contribution in [3.63, 3.8) is 0 Å². The number of hydrogen-bond donors (Lipinski definition) is 1. The van der Waals surface area contributed by atoms with E-state index >= 15 is 0 Å². The molecule has 1 aliphatic carbocycles. The number of nitrogens with one attached hydrogen (secondary N) is 1. The molecule has 0 aromatic carbocycles. The molecule has 2 nitrogen and oxygen atoms in total. The van der Waals surface area contributed by atoms with Crippen LogP contribution in [0.1, 0.15) is 62.6 Å². The number of aromatic nitrogens is 1. The Labute approximate surface area is 109 Å². The first-order chi connectivity index (χ1) is 8.29. The van der Waals surface area contributed by atoms with Gasteiger partial charge in [0.25, 0.3) is 0 Å². The van der Waals surface area contributed by atoms with Gasteiger partial charge in [0.05, 0.1) is 10.7 Å². The van der Waals surface area contributed by atoms with Crippen LogP contribution in [0.5, 0.6) is 0 Å². The van der Waals surface area contributed by atoms with Gasteiger partial charge in [-0.3, -0.25) is 0 Å². The van der Waals surface area contributed by atoms with E-state index in [0.29, 0.717) is 0 Å². The van der Waals surface area contributed by atoms with Crippen LogP contribution in [0.25, 0.3) is 0 Å². The maximum Gasteiger partial charge on any atom is 0.0959 e. The predicted octanol–water partition coefficient (Wildman–Crippen LogP) is 3.94. The van der Waals surface area contributed by atoms with Crippen LogP contribution < -0.4 is 5.32 Å². The van der Waals surface area contributed by atoms with Crippen LogP contribution in [0.4, 0.5) is 0 Å². The molecule has 3 heteroatoms. The summed E-state index contributed by atoms with van der Waals surface area (Å²) in [6, 6.07) is 0. The molecule has 1 N–H and O–H groups in total. The van der Waals surface area contributed by atoms with Crippen LogP contribution in [0.3, 0.4) is 0 Å². The highest BCUT2D eigenvalue weighted by Crippen LogP contribution is 2.37. The molecule has 1 aromatic rings. The van der Waals surface area contributed by atoms with Crippen molar-refractivity contribution in [2.24, 2.45) is 5.92 Å². The second kappa shape index (κ2) is 6.50. The van der Waals surface area contributed by atoms with Crippen molar-refractivity contribution in [3.05, 3.63) is 16.1 Å².